The van der Waals surface area contributed by atoms with E-state index in [9.17, 15) is 4.79 Å². The molecule has 5 heteroatoms. The highest BCUT2D eigenvalue weighted by molar-refractivity contribution is 5.89. The van der Waals surface area contributed by atoms with Gasteiger partial charge in [-0.3, -0.25) is 0 Å². The van der Waals surface area contributed by atoms with Crippen molar-refractivity contribution in [1.82, 2.24) is 5.32 Å². The van der Waals surface area contributed by atoms with Crippen molar-refractivity contribution in [3.8, 4) is 0 Å². The molecule has 1 aliphatic heterocycles. The predicted octanol–water partition coefficient (Wildman–Crippen LogP) is 3.82. The number of carbonyl (C=O) groups excluding carboxylic acids is 1. The first kappa shape index (κ1) is 18.4. The van der Waals surface area contributed by atoms with E-state index in [1.807, 2.05) is 36.4 Å². The normalized spacial score (nSPS) is 22.6. The summed E-state index contributed by atoms with van der Waals surface area (Å²) in [6.07, 6.45) is 2.51. The standard InChI is InChI=1S/C21H26N2O3/c1-25-19-15-26-20(23-21(24)22-18-10-6-3-7-11-18)14-17(19)13-12-16-8-4-2-5-9-16/h2-11,17,19-20H,12-15H2,1H3,(H2,22,23,24)/t17?,19-,20-/m1/s1. The van der Waals surface area contributed by atoms with Crippen LogP contribution in [0, 0.1) is 5.92 Å². The number of hydrogen-bond donors (Lipinski definition) is 2. The monoisotopic (exact) mass is 354 g/mol. The van der Waals surface area contributed by atoms with Crippen LogP contribution in [0.5, 0.6) is 0 Å². The Labute approximate surface area is 154 Å². The van der Waals surface area contributed by atoms with Crippen LogP contribution in [0.3, 0.4) is 0 Å². The molecule has 0 spiro atoms. The summed E-state index contributed by atoms with van der Waals surface area (Å²) in [5.74, 6) is 0.344. The zero-order valence-electron chi connectivity index (χ0n) is 15.1. The van der Waals surface area contributed by atoms with E-state index in [4.69, 9.17) is 9.47 Å². The molecule has 26 heavy (non-hydrogen) atoms. The van der Waals surface area contributed by atoms with Crippen LogP contribution in [0.1, 0.15) is 18.4 Å². The maximum Gasteiger partial charge on any atom is 0.321 e. The third-order valence-electron chi connectivity index (χ3n) is 4.78. The molecule has 1 aliphatic rings. The van der Waals surface area contributed by atoms with E-state index in [0.29, 0.717) is 12.5 Å². The first-order valence-electron chi connectivity index (χ1n) is 9.05. The summed E-state index contributed by atoms with van der Waals surface area (Å²) in [6.45, 7) is 0.492. The first-order valence-corrected chi connectivity index (χ1v) is 9.05. The van der Waals surface area contributed by atoms with Crippen LogP contribution in [-0.4, -0.2) is 32.1 Å². The Balaban J connectivity index is 1.52. The number of benzene rings is 2. The topological polar surface area (TPSA) is 59.6 Å². The smallest absolute Gasteiger partial charge is 0.321 e. The van der Waals surface area contributed by atoms with Crippen LogP contribution in [0.15, 0.2) is 60.7 Å². The molecule has 0 radical (unpaired) electrons. The third kappa shape index (κ3) is 5.31. The Morgan fingerprint density at radius 3 is 2.50 bits per heavy atom. The molecule has 1 unspecified atom stereocenters. The van der Waals surface area contributed by atoms with E-state index in [1.54, 1.807) is 7.11 Å². The maximum absolute atomic E-state index is 12.2. The van der Waals surface area contributed by atoms with Crippen LogP contribution in [0.2, 0.25) is 0 Å². The number of nitrogens with one attached hydrogen (secondary N) is 2. The predicted molar refractivity (Wildman–Crippen MR) is 102 cm³/mol. The van der Waals surface area contributed by atoms with Crippen LogP contribution in [-0.2, 0) is 15.9 Å². The van der Waals surface area contributed by atoms with E-state index < -0.39 is 0 Å². The SMILES string of the molecule is CO[C@@H]1CO[C@@H](NC(=O)Nc2ccccc2)CC1CCc1ccccc1. The average molecular weight is 354 g/mol. The van der Waals surface area contributed by atoms with Gasteiger partial charge < -0.3 is 20.1 Å². The Kier molecular flexibility index (Phi) is 6.63. The molecule has 2 aromatic carbocycles. The van der Waals surface area contributed by atoms with Crippen LogP contribution < -0.4 is 10.6 Å². The van der Waals surface area contributed by atoms with Gasteiger partial charge in [-0.2, -0.15) is 0 Å². The van der Waals surface area contributed by atoms with E-state index in [0.717, 1.165) is 24.9 Å². The minimum atomic E-state index is -0.300. The van der Waals surface area contributed by atoms with E-state index in [1.165, 1.54) is 5.56 Å². The second-order valence-corrected chi connectivity index (χ2v) is 6.58. The lowest BCUT2D eigenvalue weighted by Crippen LogP contribution is -2.48. The number of hydrogen-bond acceptors (Lipinski definition) is 3. The molecule has 1 fully saturated rings. The second kappa shape index (κ2) is 9.36. The van der Waals surface area contributed by atoms with Gasteiger partial charge in [0.25, 0.3) is 0 Å². The van der Waals surface area contributed by atoms with Crippen LogP contribution in [0.25, 0.3) is 0 Å². The van der Waals surface area contributed by atoms with Crippen molar-refractivity contribution < 1.29 is 14.3 Å². The molecule has 2 aromatic rings. The lowest BCUT2D eigenvalue weighted by atomic mass is 9.89. The molecular formula is C21H26N2O3. The fourth-order valence-corrected chi connectivity index (χ4v) is 3.34. The van der Waals surface area contributed by atoms with Crippen molar-refractivity contribution in [2.24, 2.45) is 5.92 Å². The highest BCUT2D eigenvalue weighted by Gasteiger charge is 2.31. The summed E-state index contributed by atoms with van der Waals surface area (Å²) in [4.78, 5) is 12.2. The lowest BCUT2D eigenvalue weighted by Gasteiger charge is -2.35. The molecule has 3 rings (SSSR count). The highest BCUT2D eigenvalue weighted by Crippen LogP contribution is 2.26. The number of aryl methyl sites for hydroxylation is 1. The minimum absolute atomic E-state index is 0.0638. The number of ether oxygens (including phenoxy) is 2. The first-order chi connectivity index (χ1) is 12.7. The zero-order chi connectivity index (χ0) is 18.2. The van der Waals surface area contributed by atoms with Crippen molar-refractivity contribution in [3.63, 3.8) is 0 Å². The number of rotatable bonds is 6. The molecule has 3 atom stereocenters. The lowest BCUT2D eigenvalue weighted by molar-refractivity contribution is -0.110. The van der Waals surface area contributed by atoms with Gasteiger partial charge in [-0.05, 0) is 42.9 Å². The Hall–Kier alpha value is -2.37. The summed E-state index contributed by atoms with van der Waals surface area (Å²) in [5, 5.41) is 5.74. The van der Waals surface area contributed by atoms with Gasteiger partial charge in [-0.25, -0.2) is 4.79 Å². The Bertz CT molecular complexity index is 678. The molecule has 2 N–H and O–H groups in total. The van der Waals surface area contributed by atoms with Gasteiger partial charge in [0.2, 0.25) is 0 Å². The second-order valence-electron chi connectivity index (χ2n) is 6.58. The molecular weight excluding hydrogens is 328 g/mol. The number of anilines is 1. The van der Waals surface area contributed by atoms with Crippen molar-refractivity contribution in [2.75, 3.05) is 19.0 Å². The number of methoxy groups -OCH3 is 1. The molecule has 5 nitrogen and oxygen atoms in total. The minimum Gasteiger partial charge on any atom is -0.379 e. The molecule has 1 saturated heterocycles. The number of carbonyl (C=O) groups is 1. The van der Waals surface area contributed by atoms with E-state index in [2.05, 4.69) is 34.9 Å². The molecule has 0 saturated carbocycles. The highest BCUT2D eigenvalue weighted by atomic mass is 16.5. The fourth-order valence-electron chi connectivity index (χ4n) is 3.34. The zero-order valence-corrected chi connectivity index (χ0v) is 15.1. The van der Waals surface area contributed by atoms with Gasteiger partial charge in [-0.1, -0.05) is 48.5 Å². The summed E-state index contributed by atoms with van der Waals surface area (Å²) < 4.78 is 11.4. The van der Waals surface area contributed by atoms with Crippen molar-refractivity contribution >= 4 is 11.7 Å². The van der Waals surface area contributed by atoms with Gasteiger partial charge >= 0.3 is 6.03 Å². The Morgan fingerprint density at radius 1 is 1.12 bits per heavy atom. The van der Waals surface area contributed by atoms with Crippen LogP contribution in [0.4, 0.5) is 10.5 Å². The molecule has 1 heterocycles. The number of para-hydroxylation sites is 1. The van der Waals surface area contributed by atoms with Crippen LogP contribution >= 0.6 is 0 Å². The quantitative estimate of drug-likeness (QED) is 0.829. The van der Waals surface area contributed by atoms with Crippen molar-refractivity contribution in [3.05, 3.63) is 66.2 Å². The van der Waals surface area contributed by atoms with Gasteiger partial charge in [-0.15, -0.1) is 0 Å². The summed E-state index contributed by atoms with van der Waals surface area (Å²) in [7, 11) is 1.72. The number of urea groups is 1. The van der Waals surface area contributed by atoms with E-state index >= 15 is 0 Å². The molecule has 2 amide bonds. The summed E-state index contributed by atoms with van der Waals surface area (Å²) in [5.41, 5.74) is 2.08. The fraction of sp³-hybridized carbons (Fsp3) is 0.381. The Morgan fingerprint density at radius 2 is 1.81 bits per heavy atom. The molecule has 138 valence electrons. The van der Waals surface area contributed by atoms with Crippen molar-refractivity contribution in [2.45, 2.75) is 31.6 Å². The van der Waals surface area contributed by atoms with E-state index in [-0.39, 0.29) is 18.4 Å². The van der Waals surface area contributed by atoms with Gasteiger partial charge in [0.1, 0.15) is 6.23 Å². The number of amides is 2. The molecule has 0 bridgehead atoms. The third-order valence-corrected chi connectivity index (χ3v) is 4.78. The summed E-state index contributed by atoms with van der Waals surface area (Å²) >= 11 is 0. The van der Waals surface area contributed by atoms with Gasteiger partial charge in [0, 0.05) is 12.8 Å². The van der Waals surface area contributed by atoms with Gasteiger partial charge in [0.15, 0.2) is 0 Å². The molecule has 0 aromatic heterocycles. The van der Waals surface area contributed by atoms with Crippen molar-refractivity contribution in [1.29, 1.82) is 0 Å². The maximum atomic E-state index is 12.2. The average Bonchev–Trinajstić information content (AvgIpc) is 2.68. The largest absolute Gasteiger partial charge is 0.379 e. The summed E-state index contributed by atoms with van der Waals surface area (Å²) in [6, 6.07) is 19.6. The van der Waals surface area contributed by atoms with Gasteiger partial charge in [0.05, 0.1) is 12.7 Å². The molecule has 0 aliphatic carbocycles.